The fourth-order valence-electron chi connectivity index (χ4n) is 10.6. The highest BCUT2D eigenvalue weighted by Crippen LogP contribution is 2.64. The fraction of sp³-hybridized carbons (Fsp3) is 0.364. The molecule has 4 unspecified atom stereocenters. The van der Waals surface area contributed by atoms with E-state index in [0.717, 1.165) is 42.0 Å². The second-order valence-electron chi connectivity index (χ2n) is 15.7. The van der Waals surface area contributed by atoms with Crippen LogP contribution >= 0.6 is 0 Å². The third-order valence-electron chi connectivity index (χ3n) is 12.5. The molecule has 0 spiro atoms. The lowest BCUT2D eigenvalue weighted by Gasteiger charge is -2.38. The lowest BCUT2D eigenvalue weighted by atomic mass is 9.73. The normalized spacial score (nSPS) is 22.9. The van der Waals surface area contributed by atoms with E-state index < -0.39 is 0 Å². The van der Waals surface area contributed by atoms with Gasteiger partial charge in [0.25, 0.3) is 0 Å². The van der Waals surface area contributed by atoms with Gasteiger partial charge in [-0.1, -0.05) is 43.4 Å². The lowest BCUT2D eigenvalue weighted by molar-refractivity contribution is 0.448. The predicted molar refractivity (Wildman–Crippen MR) is 208 cm³/mol. The second-order valence-corrected chi connectivity index (χ2v) is 15.7. The highest BCUT2D eigenvalue weighted by atomic mass is 15.2. The maximum Gasteiger partial charge on any atom is 0.163 e. The van der Waals surface area contributed by atoms with Gasteiger partial charge in [-0.3, -0.25) is 0 Å². The van der Waals surface area contributed by atoms with Gasteiger partial charge in [-0.2, -0.15) is 0 Å². The molecule has 4 aliphatic rings. The van der Waals surface area contributed by atoms with Gasteiger partial charge >= 0.3 is 0 Å². The van der Waals surface area contributed by atoms with Gasteiger partial charge in [0.15, 0.2) is 11.6 Å². The predicted octanol–water partition coefficient (Wildman–Crippen LogP) is 9.92. The van der Waals surface area contributed by atoms with Gasteiger partial charge in [-0.15, -0.1) is 0 Å². The first-order chi connectivity index (χ1) is 25.1. The Morgan fingerprint density at radius 1 is 0.731 bits per heavy atom. The van der Waals surface area contributed by atoms with Crippen LogP contribution in [-0.2, 0) is 5.41 Å². The van der Waals surface area contributed by atoms with Crippen molar-refractivity contribution in [2.75, 3.05) is 9.80 Å². The van der Waals surface area contributed by atoms with Crippen molar-refractivity contribution < 1.29 is 0 Å². The number of fused-ring (bicyclic) bond motifs is 7. The van der Waals surface area contributed by atoms with Crippen LogP contribution < -0.4 is 9.80 Å². The third-order valence-corrected chi connectivity index (χ3v) is 12.5. The van der Waals surface area contributed by atoms with Crippen LogP contribution in [0.15, 0.2) is 73.5 Å². The molecule has 5 aromatic rings. The maximum atomic E-state index is 4.64. The maximum absolute atomic E-state index is 4.64. The van der Waals surface area contributed by atoms with Crippen molar-refractivity contribution in [3.05, 3.63) is 118 Å². The Kier molecular flexibility index (Phi) is 7.47. The fourth-order valence-corrected chi connectivity index (χ4v) is 10.6. The Morgan fingerprint density at radius 3 is 1.96 bits per heavy atom. The summed E-state index contributed by atoms with van der Waals surface area (Å²) in [6, 6.07) is 9.83. The third kappa shape index (κ3) is 4.52. The molecule has 0 radical (unpaired) electrons. The zero-order chi connectivity index (χ0) is 36.1. The molecule has 8 nitrogen and oxygen atoms in total. The monoisotopic (exact) mass is 686 g/mol. The molecule has 2 aliphatic carbocycles. The summed E-state index contributed by atoms with van der Waals surface area (Å²) in [6.07, 6.45) is 18.2. The quantitative estimate of drug-likeness (QED) is 0.173. The van der Waals surface area contributed by atoms with Crippen LogP contribution in [-0.4, -0.2) is 35.9 Å². The molecule has 9 rings (SSSR count). The summed E-state index contributed by atoms with van der Waals surface area (Å²) >= 11 is 0. The smallest absolute Gasteiger partial charge is 0.163 e. The van der Waals surface area contributed by atoms with Gasteiger partial charge in [-0.05, 0) is 125 Å². The minimum absolute atomic E-state index is 0.0830. The number of anilines is 4. The van der Waals surface area contributed by atoms with Crippen LogP contribution in [0.2, 0.25) is 0 Å². The van der Waals surface area contributed by atoms with Gasteiger partial charge < -0.3 is 9.80 Å². The van der Waals surface area contributed by atoms with Gasteiger partial charge in [-0.25, -0.2) is 29.9 Å². The van der Waals surface area contributed by atoms with E-state index in [0.29, 0.717) is 11.8 Å². The summed E-state index contributed by atoms with van der Waals surface area (Å²) in [5, 5.41) is 0. The van der Waals surface area contributed by atoms with Crippen LogP contribution in [0.4, 0.5) is 22.7 Å². The molecule has 262 valence electrons. The number of benzene rings is 3. The van der Waals surface area contributed by atoms with Crippen LogP contribution in [0, 0.1) is 47.5 Å². The van der Waals surface area contributed by atoms with Gasteiger partial charge in [0.05, 0.1) is 11.4 Å². The molecule has 0 amide bonds. The highest BCUT2D eigenvalue weighted by Gasteiger charge is 2.52. The Hall–Kier alpha value is -5.24. The highest BCUT2D eigenvalue weighted by molar-refractivity contribution is 5.94. The van der Waals surface area contributed by atoms with E-state index in [1.807, 2.05) is 0 Å². The summed E-state index contributed by atoms with van der Waals surface area (Å²) in [5.74, 6) is 2.13. The molecular formula is C44H46N8. The SMILES string of the molecule is Cc1cc(C)c(N2C3=CCCCC3(C)c3ccc4c(c32)C2CC=CC(C)C2N4c2c(C)cc(C)c(-c3ncncn3)c2C)c(C)c1-c1ncncn1. The molecule has 2 aliphatic heterocycles. The first-order valence-electron chi connectivity index (χ1n) is 18.7. The zero-order valence-electron chi connectivity index (χ0n) is 31.5. The number of aromatic nitrogens is 6. The number of rotatable bonds is 4. The number of allylic oxidation sites excluding steroid dienone is 3. The second kappa shape index (κ2) is 11.9. The van der Waals surface area contributed by atoms with E-state index in [2.05, 4.69) is 138 Å². The summed E-state index contributed by atoms with van der Waals surface area (Å²) < 4.78 is 0. The molecule has 0 saturated heterocycles. The van der Waals surface area contributed by atoms with Crippen molar-refractivity contribution in [2.45, 2.75) is 98.4 Å². The van der Waals surface area contributed by atoms with Crippen LogP contribution in [0.5, 0.6) is 0 Å². The molecule has 0 bridgehead atoms. The average Bonchev–Trinajstić information content (AvgIpc) is 3.59. The van der Waals surface area contributed by atoms with Crippen molar-refractivity contribution >= 4 is 22.7 Å². The molecule has 0 N–H and O–H groups in total. The number of hydrogen-bond donors (Lipinski definition) is 0. The minimum atomic E-state index is -0.0830. The largest absolute Gasteiger partial charge is 0.336 e. The Labute approximate surface area is 306 Å². The summed E-state index contributed by atoms with van der Waals surface area (Å²) in [4.78, 5) is 32.2. The number of nitrogens with zero attached hydrogens (tertiary/aromatic N) is 8. The van der Waals surface area contributed by atoms with Gasteiger partial charge in [0, 0.05) is 51.1 Å². The molecule has 2 aromatic heterocycles. The Balaban J connectivity index is 1.34. The standard InChI is InChI=1S/C44H46N8/c1-24-12-11-13-31-37-33(51(40(24)31)38-27(4)18-25(2)35(29(38)6)42-47-20-45-21-48-42)16-15-32-41(37)52(34-14-9-10-17-44(32,34)8)39-28(5)19-26(3)36(30(39)7)43-49-22-46-23-50-43/h11-12,14-16,18-24,31,40H,9-10,13,17H2,1-8H3. The Morgan fingerprint density at radius 2 is 1.33 bits per heavy atom. The topological polar surface area (TPSA) is 83.8 Å². The van der Waals surface area contributed by atoms with Crippen molar-refractivity contribution in [3.63, 3.8) is 0 Å². The van der Waals surface area contributed by atoms with E-state index >= 15 is 0 Å². The lowest BCUT2D eigenvalue weighted by Crippen LogP contribution is -2.37. The van der Waals surface area contributed by atoms with E-state index in [-0.39, 0.29) is 11.5 Å². The van der Waals surface area contributed by atoms with E-state index in [9.17, 15) is 0 Å². The van der Waals surface area contributed by atoms with E-state index in [1.54, 1.807) is 25.3 Å². The Bertz CT molecular complexity index is 2330. The van der Waals surface area contributed by atoms with Crippen LogP contribution in [0.25, 0.3) is 22.8 Å². The number of hydrogen-bond acceptors (Lipinski definition) is 8. The van der Waals surface area contributed by atoms with Crippen molar-refractivity contribution in [3.8, 4) is 22.8 Å². The summed E-state index contributed by atoms with van der Waals surface area (Å²) in [5.41, 5.74) is 19.0. The zero-order valence-corrected chi connectivity index (χ0v) is 31.5. The van der Waals surface area contributed by atoms with Gasteiger partial charge in [0.2, 0.25) is 0 Å². The van der Waals surface area contributed by atoms with Crippen molar-refractivity contribution in [2.24, 2.45) is 5.92 Å². The molecule has 8 heteroatoms. The first-order valence-corrected chi connectivity index (χ1v) is 18.7. The number of aryl methyl sites for hydroxylation is 4. The van der Waals surface area contributed by atoms with Crippen LogP contribution in [0.3, 0.4) is 0 Å². The van der Waals surface area contributed by atoms with Crippen LogP contribution in [0.1, 0.15) is 90.0 Å². The molecule has 3 aromatic carbocycles. The van der Waals surface area contributed by atoms with Crippen molar-refractivity contribution in [1.82, 2.24) is 29.9 Å². The molecule has 0 saturated carbocycles. The van der Waals surface area contributed by atoms with E-state index in [4.69, 9.17) is 0 Å². The summed E-state index contributed by atoms with van der Waals surface area (Å²) in [7, 11) is 0. The van der Waals surface area contributed by atoms with Gasteiger partial charge in [0.1, 0.15) is 25.3 Å². The molecule has 52 heavy (non-hydrogen) atoms. The molecular weight excluding hydrogens is 641 g/mol. The molecule has 4 atom stereocenters. The first kappa shape index (κ1) is 32.7. The van der Waals surface area contributed by atoms with E-state index in [1.165, 1.54) is 79.4 Å². The molecule has 0 fully saturated rings. The van der Waals surface area contributed by atoms with Crippen molar-refractivity contribution in [1.29, 1.82) is 0 Å². The average molecular weight is 687 g/mol. The molecule has 4 heterocycles. The summed E-state index contributed by atoms with van der Waals surface area (Å²) in [6.45, 7) is 18.3. The minimum Gasteiger partial charge on any atom is -0.336 e.